The molecule has 0 unspecified atom stereocenters. The van der Waals surface area contributed by atoms with Gasteiger partial charge in [0.25, 0.3) is 0 Å². The van der Waals surface area contributed by atoms with Crippen molar-refractivity contribution in [3.8, 4) is 0 Å². The van der Waals surface area contributed by atoms with Gasteiger partial charge in [-0.2, -0.15) is 4.31 Å². The first kappa shape index (κ1) is 19.1. The third-order valence-corrected chi connectivity index (χ3v) is 6.86. The lowest BCUT2D eigenvalue weighted by molar-refractivity contribution is 0.268. The van der Waals surface area contributed by atoms with Crippen molar-refractivity contribution in [2.75, 3.05) is 31.5 Å². The van der Waals surface area contributed by atoms with E-state index in [1.807, 2.05) is 30.0 Å². The van der Waals surface area contributed by atoms with E-state index in [1.165, 1.54) is 4.31 Å². The maximum absolute atomic E-state index is 12.7. The Morgan fingerprint density at radius 2 is 1.73 bits per heavy atom. The Morgan fingerprint density at radius 3 is 2.38 bits per heavy atom. The van der Waals surface area contributed by atoms with Gasteiger partial charge >= 0.3 is 0 Å². The summed E-state index contributed by atoms with van der Waals surface area (Å²) in [5.74, 6) is 0. The lowest BCUT2D eigenvalue weighted by atomic mass is 10.2. The molecule has 2 aromatic carbocycles. The molecule has 138 valence electrons. The lowest BCUT2D eigenvalue weighted by Gasteiger charge is -2.35. The van der Waals surface area contributed by atoms with Crippen LogP contribution in [0, 0.1) is 6.92 Å². The van der Waals surface area contributed by atoms with Crippen LogP contribution in [0.3, 0.4) is 0 Å². The Hall–Kier alpha value is -1.67. The fourth-order valence-electron chi connectivity index (χ4n) is 2.80. The largest absolute Gasteiger partial charge is 0.346 e. The van der Waals surface area contributed by atoms with Crippen molar-refractivity contribution in [3.63, 3.8) is 0 Å². The van der Waals surface area contributed by atoms with Crippen molar-refractivity contribution in [2.24, 2.45) is 0 Å². The number of hydrogen-bond donors (Lipinski definition) is 1. The van der Waals surface area contributed by atoms with E-state index in [1.54, 1.807) is 30.3 Å². The van der Waals surface area contributed by atoms with Crippen molar-refractivity contribution < 1.29 is 8.42 Å². The maximum Gasteiger partial charge on any atom is 0.243 e. The molecule has 0 aromatic heterocycles. The molecular formula is C18H20ClN3O2S2. The van der Waals surface area contributed by atoms with E-state index < -0.39 is 10.0 Å². The minimum atomic E-state index is -3.46. The van der Waals surface area contributed by atoms with Crippen LogP contribution >= 0.6 is 23.8 Å². The third kappa shape index (κ3) is 4.17. The van der Waals surface area contributed by atoms with Gasteiger partial charge in [-0.3, -0.25) is 0 Å². The Morgan fingerprint density at radius 1 is 1.08 bits per heavy atom. The van der Waals surface area contributed by atoms with Gasteiger partial charge in [0, 0.05) is 36.9 Å². The van der Waals surface area contributed by atoms with Crippen LogP contribution in [0.15, 0.2) is 53.4 Å². The Balaban J connectivity index is 1.63. The molecule has 3 rings (SSSR count). The predicted molar refractivity (Wildman–Crippen MR) is 109 cm³/mol. The number of halogens is 1. The number of nitrogens with zero attached hydrogens (tertiary/aromatic N) is 2. The molecule has 2 aromatic rings. The summed E-state index contributed by atoms with van der Waals surface area (Å²) in [6.45, 7) is 3.85. The van der Waals surface area contributed by atoms with Gasteiger partial charge in [0.2, 0.25) is 10.0 Å². The van der Waals surface area contributed by atoms with Gasteiger partial charge < -0.3 is 10.2 Å². The molecule has 0 amide bonds. The van der Waals surface area contributed by atoms with Gasteiger partial charge in [0.15, 0.2) is 5.11 Å². The summed E-state index contributed by atoms with van der Waals surface area (Å²) in [7, 11) is -3.46. The zero-order valence-electron chi connectivity index (χ0n) is 14.4. The second kappa shape index (κ2) is 7.92. The van der Waals surface area contributed by atoms with E-state index in [0.717, 1.165) is 11.3 Å². The second-order valence-electron chi connectivity index (χ2n) is 6.09. The van der Waals surface area contributed by atoms with E-state index in [2.05, 4.69) is 5.32 Å². The van der Waals surface area contributed by atoms with E-state index in [4.69, 9.17) is 23.8 Å². The summed E-state index contributed by atoms with van der Waals surface area (Å²) in [6.07, 6.45) is 0. The summed E-state index contributed by atoms with van der Waals surface area (Å²) in [5, 5.41) is 4.43. The van der Waals surface area contributed by atoms with Crippen LogP contribution in [0.1, 0.15) is 5.56 Å². The third-order valence-electron chi connectivity index (χ3n) is 4.35. The van der Waals surface area contributed by atoms with E-state index in [0.29, 0.717) is 41.2 Å². The molecule has 0 atom stereocenters. The van der Waals surface area contributed by atoms with Crippen LogP contribution in [0.5, 0.6) is 0 Å². The van der Waals surface area contributed by atoms with Crippen LogP contribution in [0.4, 0.5) is 5.69 Å². The highest BCUT2D eigenvalue weighted by molar-refractivity contribution is 7.89. The number of hydrogen-bond acceptors (Lipinski definition) is 3. The average Bonchev–Trinajstić information content (AvgIpc) is 2.65. The van der Waals surface area contributed by atoms with E-state index in [9.17, 15) is 8.42 Å². The van der Waals surface area contributed by atoms with E-state index in [-0.39, 0.29) is 0 Å². The number of rotatable bonds is 3. The summed E-state index contributed by atoms with van der Waals surface area (Å²) < 4.78 is 26.9. The monoisotopic (exact) mass is 409 g/mol. The molecule has 1 aliphatic rings. The number of nitrogens with one attached hydrogen (secondary N) is 1. The topological polar surface area (TPSA) is 52.6 Å². The highest BCUT2D eigenvalue weighted by Crippen LogP contribution is 2.22. The summed E-state index contributed by atoms with van der Waals surface area (Å²) >= 11 is 11.5. The Kier molecular flexibility index (Phi) is 5.82. The van der Waals surface area contributed by atoms with Crippen LogP contribution in [0.25, 0.3) is 0 Å². The molecule has 26 heavy (non-hydrogen) atoms. The van der Waals surface area contributed by atoms with Crippen molar-refractivity contribution >= 4 is 44.6 Å². The average molecular weight is 410 g/mol. The molecule has 0 saturated carbocycles. The van der Waals surface area contributed by atoms with Gasteiger partial charge in [-0.15, -0.1) is 0 Å². The first-order valence-electron chi connectivity index (χ1n) is 8.25. The zero-order valence-corrected chi connectivity index (χ0v) is 16.7. The van der Waals surface area contributed by atoms with Crippen molar-refractivity contribution in [3.05, 3.63) is 59.1 Å². The molecule has 8 heteroatoms. The highest BCUT2D eigenvalue weighted by Gasteiger charge is 2.29. The van der Waals surface area contributed by atoms with Crippen LogP contribution in [-0.4, -0.2) is 48.9 Å². The first-order chi connectivity index (χ1) is 12.4. The van der Waals surface area contributed by atoms with Crippen LogP contribution in [-0.2, 0) is 10.0 Å². The normalized spacial score (nSPS) is 15.7. The zero-order chi connectivity index (χ0) is 18.7. The van der Waals surface area contributed by atoms with Gasteiger partial charge in [-0.1, -0.05) is 35.9 Å². The number of aryl methyl sites for hydroxylation is 1. The second-order valence-corrected chi connectivity index (χ2v) is 8.85. The minimum absolute atomic E-state index is 0.323. The molecule has 1 aliphatic heterocycles. The molecule has 0 bridgehead atoms. The number of piperazine rings is 1. The van der Waals surface area contributed by atoms with Gasteiger partial charge in [-0.05, 0) is 49.0 Å². The molecule has 0 aliphatic carbocycles. The Labute approximate surface area is 164 Å². The smallest absolute Gasteiger partial charge is 0.243 e. The van der Waals surface area contributed by atoms with Crippen molar-refractivity contribution in [1.82, 2.24) is 9.21 Å². The first-order valence-corrected chi connectivity index (χ1v) is 10.5. The number of benzene rings is 2. The molecular weight excluding hydrogens is 390 g/mol. The molecule has 1 heterocycles. The molecule has 0 spiro atoms. The molecule has 1 saturated heterocycles. The van der Waals surface area contributed by atoms with E-state index >= 15 is 0 Å². The summed E-state index contributed by atoms with van der Waals surface area (Å²) in [6, 6.07) is 14.1. The van der Waals surface area contributed by atoms with Crippen molar-refractivity contribution in [1.29, 1.82) is 0 Å². The molecule has 0 radical (unpaired) electrons. The van der Waals surface area contributed by atoms with Gasteiger partial charge in [-0.25, -0.2) is 8.42 Å². The Bertz CT molecular complexity index is 896. The van der Waals surface area contributed by atoms with Gasteiger partial charge in [0.05, 0.1) is 4.90 Å². The highest BCUT2D eigenvalue weighted by atomic mass is 35.5. The lowest BCUT2D eigenvalue weighted by Crippen LogP contribution is -2.51. The summed E-state index contributed by atoms with van der Waals surface area (Å²) in [4.78, 5) is 2.30. The standard InChI is InChI=1S/C18H20ClN3O2S2/c1-14-7-8-15(19)13-17(14)20-18(25)21-9-11-22(12-10-21)26(23,24)16-5-3-2-4-6-16/h2-8,13H,9-12H2,1H3,(H,20,25). The fraction of sp³-hybridized carbons (Fsp3) is 0.278. The minimum Gasteiger partial charge on any atom is -0.346 e. The molecule has 1 N–H and O–H groups in total. The predicted octanol–water partition coefficient (Wildman–Crippen LogP) is 3.35. The SMILES string of the molecule is Cc1ccc(Cl)cc1NC(=S)N1CCN(S(=O)(=O)c2ccccc2)CC1. The number of anilines is 1. The maximum atomic E-state index is 12.7. The number of sulfonamides is 1. The quantitative estimate of drug-likeness (QED) is 0.788. The molecule has 5 nitrogen and oxygen atoms in total. The van der Waals surface area contributed by atoms with Crippen LogP contribution in [0.2, 0.25) is 5.02 Å². The van der Waals surface area contributed by atoms with Crippen molar-refractivity contribution in [2.45, 2.75) is 11.8 Å². The fourth-order valence-corrected chi connectivity index (χ4v) is 4.70. The number of thiocarbonyl (C=S) groups is 1. The van der Waals surface area contributed by atoms with Gasteiger partial charge in [0.1, 0.15) is 0 Å². The summed E-state index contributed by atoms with van der Waals surface area (Å²) in [5.41, 5.74) is 1.91. The molecule has 1 fully saturated rings. The van der Waals surface area contributed by atoms with Crippen LogP contribution < -0.4 is 5.32 Å².